The Morgan fingerprint density at radius 3 is 1.38 bits per heavy atom. The van der Waals surface area contributed by atoms with Crippen LogP contribution in [-0.4, -0.2) is 24.3 Å². The van der Waals surface area contributed by atoms with Crippen molar-refractivity contribution in [3.05, 3.63) is 211 Å². The Morgan fingerprint density at radius 2 is 0.846 bits per heavy atom. The molecule has 3 heterocycles. The van der Waals surface area contributed by atoms with Gasteiger partial charge in [0.15, 0.2) is 17.5 Å². The summed E-state index contributed by atoms with van der Waals surface area (Å²) in [6.45, 7) is 0. The predicted octanol–water partition coefficient (Wildman–Crippen LogP) is 10.6. The Labute approximate surface area is 301 Å². The van der Waals surface area contributed by atoms with Crippen molar-refractivity contribution in [2.75, 3.05) is 0 Å². The van der Waals surface area contributed by atoms with E-state index in [-0.39, 0.29) is 0 Å². The zero-order valence-electron chi connectivity index (χ0n) is 28.1. The van der Waals surface area contributed by atoms with E-state index in [9.17, 15) is 0 Å². The molecule has 5 heteroatoms. The summed E-state index contributed by atoms with van der Waals surface area (Å²) in [6.07, 6.45) is 4.15. The topological polar surface area (TPSA) is 56.0 Å². The smallest absolute Gasteiger partial charge is 0.164 e. The summed E-state index contributed by atoms with van der Waals surface area (Å²) in [6, 6.07) is 61.6. The molecule has 5 nitrogen and oxygen atoms in total. The molecule has 0 amide bonds. The van der Waals surface area contributed by atoms with Gasteiger partial charge in [0.05, 0.1) is 11.1 Å². The Hall–Kier alpha value is -6.98. The van der Waals surface area contributed by atoms with Crippen LogP contribution in [0.3, 0.4) is 0 Å². The molecule has 0 atom stereocenters. The summed E-state index contributed by atoms with van der Waals surface area (Å²) in [4.78, 5) is 20.2. The average molecular weight is 666 g/mol. The van der Waals surface area contributed by atoms with Gasteiger partial charge in [0.2, 0.25) is 0 Å². The number of nitrogens with zero attached hydrogens (tertiary/aromatic N) is 5. The maximum absolute atomic E-state index is 5.11. The first-order valence-corrected chi connectivity index (χ1v) is 17.5. The Bertz CT molecular complexity index is 2590. The summed E-state index contributed by atoms with van der Waals surface area (Å²) < 4.78 is 2.08. The van der Waals surface area contributed by atoms with Crippen LogP contribution in [0.5, 0.6) is 0 Å². The number of imidazole rings is 1. The molecule has 52 heavy (non-hydrogen) atoms. The van der Waals surface area contributed by atoms with E-state index < -0.39 is 5.41 Å². The molecule has 1 aliphatic rings. The first-order valence-electron chi connectivity index (χ1n) is 17.5. The van der Waals surface area contributed by atoms with Crippen molar-refractivity contribution in [3.63, 3.8) is 0 Å². The molecular formula is C47H31N5. The number of fused-ring (bicyclic) bond motifs is 4. The Kier molecular flexibility index (Phi) is 6.96. The lowest BCUT2D eigenvalue weighted by molar-refractivity contribution is 0.769. The quantitative estimate of drug-likeness (QED) is 0.177. The van der Waals surface area contributed by atoms with Gasteiger partial charge >= 0.3 is 0 Å². The van der Waals surface area contributed by atoms with Gasteiger partial charge in [-0.2, -0.15) is 0 Å². The molecule has 0 bridgehead atoms. The molecule has 0 saturated carbocycles. The third-order valence-corrected chi connectivity index (χ3v) is 10.2. The molecular weight excluding hydrogens is 635 g/mol. The van der Waals surface area contributed by atoms with E-state index >= 15 is 0 Å². The van der Waals surface area contributed by atoms with Crippen LogP contribution in [0.25, 0.3) is 62.2 Å². The fourth-order valence-electron chi connectivity index (χ4n) is 7.80. The maximum atomic E-state index is 5.11. The molecule has 6 aromatic carbocycles. The van der Waals surface area contributed by atoms with Crippen LogP contribution >= 0.6 is 0 Å². The summed E-state index contributed by atoms with van der Waals surface area (Å²) in [7, 11) is 0. The van der Waals surface area contributed by atoms with Crippen molar-refractivity contribution in [2.24, 2.45) is 0 Å². The van der Waals surface area contributed by atoms with Crippen molar-refractivity contribution >= 4 is 5.65 Å². The fourth-order valence-corrected chi connectivity index (χ4v) is 7.80. The molecule has 1 aliphatic carbocycles. The highest BCUT2D eigenvalue weighted by molar-refractivity contribution is 5.89. The van der Waals surface area contributed by atoms with Crippen molar-refractivity contribution in [2.45, 2.75) is 5.41 Å². The molecule has 0 fully saturated rings. The Balaban J connectivity index is 1.23. The highest BCUT2D eigenvalue weighted by Crippen LogP contribution is 2.57. The maximum Gasteiger partial charge on any atom is 0.164 e. The van der Waals surface area contributed by atoms with Crippen LogP contribution in [0.1, 0.15) is 22.3 Å². The highest BCUT2D eigenvalue weighted by Gasteiger charge is 2.46. The van der Waals surface area contributed by atoms with Gasteiger partial charge in [0, 0.05) is 34.6 Å². The molecule has 0 unspecified atom stereocenters. The first-order chi connectivity index (χ1) is 25.8. The van der Waals surface area contributed by atoms with Crippen molar-refractivity contribution in [1.29, 1.82) is 0 Å². The van der Waals surface area contributed by atoms with Crippen molar-refractivity contribution in [3.8, 4) is 56.5 Å². The standard InChI is InChI=1S/C47H31N5/c1-5-15-32(16-6-1)44-49-45(33-17-7-2-8-18-33)51-46(50-44)35-25-27-39-38-26-24-34(42-31-52-28-14-13-23-43(52)48-42)29-40(38)47(41(39)30-35,36-19-9-3-10-20-36)37-21-11-4-12-22-37/h1-31H. The van der Waals surface area contributed by atoms with Crippen LogP contribution < -0.4 is 0 Å². The molecule has 0 radical (unpaired) electrons. The van der Waals surface area contributed by atoms with E-state index in [2.05, 4.69) is 108 Å². The molecule has 9 aromatic rings. The van der Waals surface area contributed by atoms with Gasteiger partial charge in [-0.3, -0.25) is 0 Å². The normalized spacial score (nSPS) is 12.8. The van der Waals surface area contributed by atoms with Crippen molar-refractivity contribution < 1.29 is 0 Å². The Morgan fingerprint density at radius 1 is 0.385 bits per heavy atom. The average Bonchev–Trinajstić information content (AvgIpc) is 3.79. The van der Waals surface area contributed by atoms with Crippen LogP contribution in [0.4, 0.5) is 0 Å². The minimum atomic E-state index is -0.615. The largest absolute Gasteiger partial charge is 0.306 e. The number of rotatable bonds is 6. The van der Waals surface area contributed by atoms with E-state index in [1.807, 2.05) is 85.1 Å². The molecule has 10 rings (SSSR count). The third kappa shape index (κ3) is 4.78. The van der Waals surface area contributed by atoms with E-state index in [1.54, 1.807) is 0 Å². The van der Waals surface area contributed by atoms with Gasteiger partial charge in [-0.25, -0.2) is 19.9 Å². The van der Waals surface area contributed by atoms with E-state index in [0.717, 1.165) is 33.6 Å². The van der Waals surface area contributed by atoms with E-state index in [0.29, 0.717) is 17.5 Å². The second kappa shape index (κ2) is 12.1. The van der Waals surface area contributed by atoms with E-state index in [1.165, 1.54) is 33.4 Å². The van der Waals surface area contributed by atoms with Gasteiger partial charge in [-0.15, -0.1) is 0 Å². The first kappa shape index (κ1) is 29.9. The number of aromatic nitrogens is 5. The lowest BCUT2D eigenvalue weighted by Gasteiger charge is -2.34. The predicted molar refractivity (Wildman–Crippen MR) is 208 cm³/mol. The number of benzene rings is 6. The molecule has 244 valence electrons. The van der Waals surface area contributed by atoms with Gasteiger partial charge in [-0.05, 0) is 57.6 Å². The second-order valence-corrected chi connectivity index (χ2v) is 13.1. The number of hydrogen-bond acceptors (Lipinski definition) is 4. The fraction of sp³-hybridized carbons (Fsp3) is 0.0213. The van der Waals surface area contributed by atoms with Crippen molar-refractivity contribution in [1.82, 2.24) is 24.3 Å². The third-order valence-electron chi connectivity index (χ3n) is 10.2. The summed E-state index contributed by atoms with van der Waals surface area (Å²) >= 11 is 0. The zero-order valence-corrected chi connectivity index (χ0v) is 28.1. The summed E-state index contributed by atoms with van der Waals surface area (Å²) in [5.74, 6) is 1.91. The SMILES string of the molecule is c1ccc(-c2nc(-c3ccccc3)nc(-c3ccc4c(c3)C(c3ccccc3)(c3ccccc3)c3cc(-c5cn6ccccc6n5)ccc3-4)n2)cc1. The van der Waals surface area contributed by atoms with Gasteiger partial charge in [0.25, 0.3) is 0 Å². The zero-order chi connectivity index (χ0) is 34.5. The lowest BCUT2D eigenvalue weighted by Crippen LogP contribution is -2.28. The van der Waals surface area contributed by atoms with Crippen LogP contribution in [0.15, 0.2) is 188 Å². The number of hydrogen-bond donors (Lipinski definition) is 0. The van der Waals surface area contributed by atoms with Crippen LogP contribution in [0, 0.1) is 0 Å². The van der Waals surface area contributed by atoms with Crippen LogP contribution in [-0.2, 0) is 5.41 Å². The minimum absolute atomic E-state index is 0.615. The monoisotopic (exact) mass is 665 g/mol. The van der Waals surface area contributed by atoms with Gasteiger partial charge in [0.1, 0.15) is 5.65 Å². The lowest BCUT2D eigenvalue weighted by atomic mass is 9.67. The number of pyridine rings is 1. The second-order valence-electron chi connectivity index (χ2n) is 13.1. The van der Waals surface area contributed by atoms with Crippen LogP contribution in [0.2, 0.25) is 0 Å². The van der Waals surface area contributed by atoms with Gasteiger partial charge in [-0.1, -0.05) is 152 Å². The highest BCUT2D eigenvalue weighted by atomic mass is 15.0. The van der Waals surface area contributed by atoms with Gasteiger partial charge < -0.3 is 4.40 Å². The molecule has 0 saturated heterocycles. The molecule has 0 spiro atoms. The molecule has 3 aromatic heterocycles. The summed E-state index contributed by atoms with van der Waals surface area (Å²) in [5.41, 5.74) is 12.3. The summed E-state index contributed by atoms with van der Waals surface area (Å²) in [5, 5.41) is 0. The molecule has 0 N–H and O–H groups in total. The minimum Gasteiger partial charge on any atom is -0.306 e. The van der Waals surface area contributed by atoms with E-state index in [4.69, 9.17) is 19.9 Å². The molecule has 0 aliphatic heterocycles.